The zero-order chi connectivity index (χ0) is 12.1. The fourth-order valence-corrected chi connectivity index (χ4v) is 2.79. The highest BCUT2D eigenvalue weighted by atomic mass is 16.7. The molecule has 0 saturated carbocycles. The fraction of sp³-hybridized carbons (Fsp3) is 0.909. The molecule has 0 amide bonds. The molecule has 2 saturated heterocycles. The standard InChI is InChI=1S/C11H22N4O2/c12-13-17-11(16)4-8-14-7-3-10(9-14)15-5-1-2-6-15/h10,13H,1-9,12H2. The molecule has 0 aromatic carbocycles. The smallest absolute Gasteiger partial charge is 0.327 e. The van der Waals surface area contributed by atoms with Gasteiger partial charge in [0.05, 0.1) is 6.42 Å². The van der Waals surface area contributed by atoms with Crippen molar-refractivity contribution in [3.8, 4) is 0 Å². The zero-order valence-corrected chi connectivity index (χ0v) is 10.2. The highest BCUT2D eigenvalue weighted by Crippen LogP contribution is 2.20. The van der Waals surface area contributed by atoms with Gasteiger partial charge in [0, 0.05) is 19.1 Å². The Morgan fingerprint density at radius 1 is 1.35 bits per heavy atom. The Morgan fingerprint density at radius 2 is 2.12 bits per heavy atom. The largest absolute Gasteiger partial charge is 0.356 e. The minimum Gasteiger partial charge on any atom is -0.356 e. The number of carbonyl (C=O) groups excluding carboxylic acids is 1. The number of nitrogens with zero attached hydrogens (tertiary/aromatic N) is 2. The summed E-state index contributed by atoms with van der Waals surface area (Å²) in [7, 11) is 0. The molecule has 1 atom stereocenters. The summed E-state index contributed by atoms with van der Waals surface area (Å²) in [5.41, 5.74) is 1.92. The molecular weight excluding hydrogens is 220 g/mol. The van der Waals surface area contributed by atoms with Gasteiger partial charge >= 0.3 is 5.97 Å². The average molecular weight is 242 g/mol. The summed E-state index contributed by atoms with van der Waals surface area (Å²) < 4.78 is 0. The lowest BCUT2D eigenvalue weighted by molar-refractivity contribution is -0.151. The van der Waals surface area contributed by atoms with E-state index < -0.39 is 0 Å². The summed E-state index contributed by atoms with van der Waals surface area (Å²) in [4.78, 5) is 20.5. The second-order valence-electron chi connectivity index (χ2n) is 4.83. The normalized spacial score (nSPS) is 26.5. The van der Waals surface area contributed by atoms with Gasteiger partial charge in [-0.1, -0.05) is 5.59 Å². The van der Waals surface area contributed by atoms with Crippen LogP contribution in [-0.4, -0.2) is 54.5 Å². The summed E-state index contributed by atoms with van der Waals surface area (Å²) in [5, 5.41) is 0. The number of rotatable bonds is 5. The summed E-state index contributed by atoms with van der Waals surface area (Å²) in [6, 6.07) is 0.696. The van der Waals surface area contributed by atoms with Crippen molar-refractivity contribution in [2.75, 3.05) is 32.7 Å². The highest BCUT2D eigenvalue weighted by molar-refractivity contribution is 5.69. The van der Waals surface area contributed by atoms with Crippen LogP contribution in [0.3, 0.4) is 0 Å². The first kappa shape index (κ1) is 12.8. The lowest BCUT2D eigenvalue weighted by Crippen LogP contribution is -2.36. The molecule has 2 fully saturated rings. The molecule has 0 bridgehead atoms. The van der Waals surface area contributed by atoms with Crippen LogP contribution in [0.15, 0.2) is 0 Å². The predicted molar refractivity (Wildman–Crippen MR) is 63.7 cm³/mol. The first-order chi connectivity index (χ1) is 8.29. The summed E-state index contributed by atoms with van der Waals surface area (Å²) in [5.74, 6) is 4.61. The molecule has 2 rings (SSSR count). The van der Waals surface area contributed by atoms with Crippen molar-refractivity contribution in [2.24, 2.45) is 5.84 Å². The van der Waals surface area contributed by atoms with Crippen molar-refractivity contribution in [1.82, 2.24) is 15.4 Å². The first-order valence-electron chi connectivity index (χ1n) is 6.41. The van der Waals surface area contributed by atoms with Crippen LogP contribution in [0.4, 0.5) is 0 Å². The lowest BCUT2D eigenvalue weighted by Gasteiger charge is -2.23. The van der Waals surface area contributed by atoms with E-state index in [1.54, 1.807) is 0 Å². The van der Waals surface area contributed by atoms with Crippen molar-refractivity contribution in [1.29, 1.82) is 0 Å². The second-order valence-corrected chi connectivity index (χ2v) is 4.83. The van der Waals surface area contributed by atoms with Crippen molar-refractivity contribution < 1.29 is 9.63 Å². The van der Waals surface area contributed by atoms with E-state index in [9.17, 15) is 4.79 Å². The van der Waals surface area contributed by atoms with Crippen molar-refractivity contribution in [2.45, 2.75) is 31.7 Å². The van der Waals surface area contributed by atoms with Gasteiger partial charge in [-0.15, -0.1) is 0 Å². The van der Waals surface area contributed by atoms with Crippen LogP contribution >= 0.6 is 0 Å². The molecule has 0 aromatic heterocycles. The van der Waals surface area contributed by atoms with Crippen molar-refractivity contribution >= 4 is 5.97 Å². The molecule has 0 aromatic rings. The van der Waals surface area contributed by atoms with Gasteiger partial charge in [-0.05, 0) is 38.9 Å². The molecule has 0 radical (unpaired) electrons. The molecule has 2 aliphatic rings. The number of carbonyl (C=O) groups is 1. The van der Waals surface area contributed by atoms with Gasteiger partial charge < -0.3 is 9.74 Å². The van der Waals surface area contributed by atoms with Gasteiger partial charge in [0.2, 0.25) is 0 Å². The maximum absolute atomic E-state index is 11.1. The third-order valence-electron chi connectivity index (χ3n) is 3.71. The number of hydrogen-bond donors (Lipinski definition) is 2. The van der Waals surface area contributed by atoms with Crippen LogP contribution in [0.25, 0.3) is 0 Å². The van der Waals surface area contributed by atoms with E-state index in [-0.39, 0.29) is 5.97 Å². The molecule has 6 heteroatoms. The van der Waals surface area contributed by atoms with Crippen molar-refractivity contribution in [3.05, 3.63) is 0 Å². The first-order valence-corrected chi connectivity index (χ1v) is 6.41. The predicted octanol–water partition coefficient (Wildman–Crippen LogP) is -0.532. The van der Waals surface area contributed by atoms with Gasteiger partial charge in [0.1, 0.15) is 0 Å². The number of hydrazine groups is 1. The van der Waals surface area contributed by atoms with E-state index in [4.69, 9.17) is 5.84 Å². The van der Waals surface area contributed by atoms with Crippen LogP contribution in [0.5, 0.6) is 0 Å². The molecule has 0 aliphatic carbocycles. The highest BCUT2D eigenvalue weighted by Gasteiger charge is 2.29. The van der Waals surface area contributed by atoms with Gasteiger partial charge in [0.15, 0.2) is 0 Å². The molecule has 17 heavy (non-hydrogen) atoms. The van der Waals surface area contributed by atoms with Crippen LogP contribution in [-0.2, 0) is 9.63 Å². The Kier molecular flexibility index (Phi) is 4.73. The van der Waals surface area contributed by atoms with Crippen LogP contribution < -0.4 is 11.4 Å². The Balaban J connectivity index is 1.65. The summed E-state index contributed by atoms with van der Waals surface area (Å²) >= 11 is 0. The molecule has 0 spiro atoms. The minimum atomic E-state index is -0.294. The van der Waals surface area contributed by atoms with E-state index in [2.05, 4.69) is 14.6 Å². The van der Waals surface area contributed by atoms with Crippen molar-refractivity contribution in [3.63, 3.8) is 0 Å². The van der Waals surface area contributed by atoms with E-state index in [0.29, 0.717) is 12.5 Å². The Labute approximate surface area is 102 Å². The number of nitrogens with one attached hydrogen (secondary N) is 1. The molecule has 2 aliphatic heterocycles. The maximum Gasteiger partial charge on any atom is 0.327 e. The molecule has 98 valence electrons. The van der Waals surface area contributed by atoms with Gasteiger partial charge in [-0.3, -0.25) is 9.69 Å². The topological polar surface area (TPSA) is 70.8 Å². The second kappa shape index (κ2) is 6.30. The summed E-state index contributed by atoms with van der Waals surface area (Å²) in [6.45, 7) is 5.44. The monoisotopic (exact) mass is 242 g/mol. The quantitative estimate of drug-likeness (QED) is 0.499. The number of hydrogen-bond acceptors (Lipinski definition) is 6. The molecular formula is C11H22N4O2. The third-order valence-corrected chi connectivity index (χ3v) is 3.71. The lowest BCUT2D eigenvalue weighted by atomic mass is 10.2. The maximum atomic E-state index is 11.1. The molecule has 2 heterocycles. The number of likely N-dealkylation sites (tertiary alicyclic amines) is 2. The SMILES string of the molecule is NNOC(=O)CCN1CCC(N2CCCC2)C1. The Hall–Kier alpha value is -0.690. The van der Waals surface area contributed by atoms with Gasteiger partial charge in [-0.2, -0.15) is 0 Å². The Bertz CT molecular complexity index is 256. The van der Waals surface area contributed by atoms with E-state index in [1.165, 1.54) is 32.4 Å². The zero-order valence-electron chi connectivity index (χ0n) is 10.2. The van der Waals surface area contributed by atoms with Crippen LogP contribution in [0.2, 0.25) is 0 Å². The molecule has 1 unspecified atom stereocenters. The average Bonchev–Trinajstić information content (AvgIpc) is 2.97. The molecule has 3 N–H and O–H groups in total. The van der Waals surface area contributed by atoms with E-state index >= 15 is 0 Å². The van der Waals surface area contributed by atoms with E-state index in [1.807, 2.05) is 5.59 Å². The minimum absolute atomic E-state index is 0.294. The van der Waals surface area contributed by atoms with E-state index in [0.717, 1.165) is 19.6 Å². The van der Waals surface area contributed by atoms with Crippen LogP contribution in [0, 0.1) is 0 Å². The fourth-order valence-electron chi connectivity index (χ4n) is 2.79. The number of nitrogens with two attached hydrogens (primary N) is 1. The Morgan fingerprint density at radius 3 is 2.82 bits per heavy atom. The van der Waals surface area contributed by atoms with Gasteiger partial charge in [-0.25, -0.2) is 5.84 Å². The third kappa shape index (κ3) is 3.64. The molecule has 6 nitrogen and oxygen atoms in total. The van der Waals surface area contributed by atoms with Crippen LogP contribution in [0.1, 0.15) is 25.7 Å². The van der Waals surface area contributed by atoms with Gasteiger partial charge in [0.25, 0.3) is 0 Å². The summed E-state index contributed by atoms with van der Waals surface area (Å²) in [6.07, 6.45) is 4.30.